The van der Waals surface area contributed by atoms with E-state index in [0.29, 0.717) is 17.2 Å². The Labute approximate surface area is 137 Å². The topological polar surface area (TPSA) is 86.1 Å². The molecular weight excluding hydrogens is 312 g/mol. The number of thioether (sulfide) groups is 1. The molecule has 0 aliphatic carbocycles. The van der Waals surface area contributed by atoms with Crippen LogP contribution in [0.1, 0.15) is 10.4 Å². The Kier molecular flexibility index (Phi) is 4.44. The number of nitrogens with one attached hydrogen (secondary N) is 1. The minimum absolute atomic E-state index is 0.117. The molecule has 1 atom stereocenters. The minimum Gasteiger partial charge on any atom is -0.343 e. The van der Waals surface area contributed by atoms with Crippen molar-refractivity contribution in [2.45, 2.75) is 6.04 Å². The summed E-state index contributed by atoms with van der Waals surface area (Å²) in [5.74, 6) is 0.543. The van der Waals surface area contributed by atoms with Gasteiger partial charge in [-0.3, -0.25) is 14.6 Å². The SMILES string of the molecule is N#CC1CSCN1C(=O)CNC(=O)c1ccnc2ccccc12. The van der Waals surface area contributed by atoms with Gasteiger partial charge in [0.25, 0.3) is 5.91 Å². The molecule has 116 valence electrons. The summed E-state index contributed by atoms with van der Waals surface area (Å²) in [4.78, 5) is 30.2. The number of nitrogens with zero attached hydrogens (tertiary/aromatic N) is 3. The van der Waals surface area contributed by atoms with Crippen LogP contribution < -0.4 is 5.32 Å². The zero-order valence-electron chi connectivity index (χ0n) is 12.2. The minimum atomic E-state index is -0.411. The average Bonchev–Trinajstić information content (AvgIpc) is 3.07. The molecule has 1 N–H and O–H groups in total. The Morgan fingerprint density at radius 1 is 1.39 bits per heavy atom. The van der Waals surface area contributed by atoms with Crippen molar-refractivity contribution in [2.24, 2.45) is 0 Å². The molecule has 6 nitrogen and oxygen atoms in total. The van der Waals surface area contributed by atoms with Crippen LogP contribution in [-0.2, 0) is 4.79 Å². The summed E-state index contributed by atoms with van der Waals surface area (Å²) in [7, 11) is 0. The number of hydrogen-bond donors (Lipinski definition) is 1. The van der Waals surface area contributed by atoms with Crippen LogP contribution in [0.3, 0.4) is 0 Å². The molecule has 1 aromatic carbocycles. The second kappa shape index (κ2) is 6.67. The molecule has 0 bridgehead atoms. The van der Waals surface area contributed by atoms with E-state index in [0.717, 1.165) is 10.9 Å². The fourth-order valence-electron chi connectivity index (χ4n) is 2.44. The summed E-state index contributed by atoms with van der Waals surface area (Å²) >= 11 is 1.54. The molecule has 1 saturated heterocycles. The maximum atomic E-state index is 12.3. The molecule has 23 heavy (non-hydrogen) atoms. The van der Waals surface area contributed by atoms with Crippen molar-refractivity contribution in [1.29, 1.82) is 5.26 Å². The number of benzene rings is 1. The summed E-state index contributed by atoms with van der Waals surface area (Å²) < 4.78 is 0. The van der Waals surface area contributed by atoms with Gasteiger partial charge in [-0.2, -0.15) is 5.26 Å². The number of aromatic nitrogens is 1. The zero-order chi connectivity index (χ0) is 16.2. The van der Waals surface area contributed by atoms with E-state index in [4.69, 9.17) is 5.26 Å². The Morgan fingerprint density at radius 3 is 3.04 bits per heavy atom. The van der Waals surface area contributed by atoms with Crippen molar-refractivity contribution < 1.29 is 9.59 Å². The highest BCUT2D eigenvalue weighted by molar-refractivity contribution is 7.99. The van der Waals surface area contributed by atoms with Gasteiger partial charge in [0.1, 0.15) is 6.04 Å². The Morgan fingerprint density at radius 2 is 2.22 bits per heavy atom. The fourth-order valence-corrected chi connectivity index (χ4v) is 3.55. The van der Waals surface area contributed by atoms with Crippen LogP contribution in [0.25, 0.3) is 10.9 Å². The first-order valence-electron chi connectivity index (χ1n) is 7.09. The summed E-state index contributed by atoms with van der Waals surface area (Å²) in [5, 5.41) is 12.4. The highest BCUT2D eigenvalue weighted by atomic mass is 32.2. The van der Waals surface area contributed by atoms with Crippen LogP contribution in [0.2, 0.25) is 0 Å². The number of carbonyl (C=O) groups excluding carboxylic acids is 2. The average molecular weight is 326 g/mol. The molecule has 1 aliphatic rings. The van der Waals surface area contributed by atoms with Crippen LogP contribution in [0.5, 0.6) is 0 Å². The van der Waals surface area contributed by atoms with E-state index in [1.807, 2.05) is 24.3 Å². The number of carbonyl (C=O) groups is 2. The predicted octanol–water partition coefficient (Wildman–Crippen LogP) is 1.39. The first-order valence-corrected chi connectivity index (χ1v) is 8.25. The Balaban J connectivity index is 1.70. The van der Waals surface area contributed by atoms with Gasteiger partial charge in [-0.05, 0) is 12.1 Å². The Bertz CT molecular complexity index is 797. The van der Waals surface area contributed by atoms with E-state index < -0.39 is 6.04 Å². The van der Waals surface area contributed by atoms with Gasteiger partial charge < -0.3 is 10.2 Å². The molecular formula is C16H14N4O2S. The van der Waals surface area contributed by atoms with Gasteiger partial charge in [0.05, 0.1) is 29.6 Å². The second-order valence-corrected chi connectivity index (χ2v) is 6.07. The maximum absolute atomic E-state index is 12.3. The van der Waals surface area contributed by atoms with Crippen molar-refractivity contribution in [3.63, 3.8) is 0 Å². The third kappa shape index (κ3) is 3.12. The molecule has 1 aliphatic heterocycles. The van der Waals surface area contributed by atoms with Gasteiger partial charge in [-0.25, -0.2) is 0 Å². The van der Waals surface area contributed by atoms with Crippen molar-refractivity contribution in [2.75, 3.05) is 18.2 Å². The van der Waals surface area contributed by atoms with Crippen molar-refractivity contribution in [1.82, 2.24) is 15.2 Å². The van der Waals surface area contributed by atoms with E-state index in [1.54, 1.807) is 12.3 Å². The molecule has 1 unspecified atom stereocenters. The van der Waals surface area contributed by atoms with Gasteiger partial charge in [-0.15, -0.1) is 11.8 Å². The van der Waals surface area contributed by atoms with Crippen molar-refractivity contribution >= 4 is 34.5 Å². The Hall–Kier alpha value is -2.59. The van der Waals surface area contributed by atoms with Gasteiger partial charge >= 0.3 is 0 Å². The van der Waals surface area contributed by atoms with E-state index >= 15 is 0 Å². The molecule has 0 radical (unpaired) electrons. The van der Waals surface area contributed by atoms with Gasteiger partial charge in [0.15, 0.2) is 0 Å². The van der Waals surface area contributed by atoms with Gasteiger partial charge in [0, 0.05) is 17.3 Å². The normalized spacial score (nSPS) is 17.0. The van der Waals surface area contributed by atoms with E-state index in [1.165, 1.54) is 16.7 Å². The van der Waals surface area contributed by atoms with Gasteiger partial charge in [0.2, 0.25) is 5.91 Å². The number of hydrogen-bond acceptors (Lipinski definition) is 5. The number of para-hydroxylation sites is 1. The summed E-state index contributed by atoms with van der Waals surface area (Å²) in [6.45, 7) is -0.117. The molecule has 0 saturated carbocycles. The molecule has 0 spiro atoms. The molecule has 2 aromatic rings. The lowest BCUT2D eigenvalue weighted by molar-refractivity contribution is -0.129. The molecule has 7 heteroatoms. The molecule has 3 rings (SSSR count). The molecule has 1 aromatic heterocycles. The van der Waals surface area contributed by atoms with E-state index in [9.17, 15) is 9.59 Å². The first kappa shape index (κ1) is 15.3. The lowest BCUT2D eigenvalue weighted by atomic mass is 10.1. The van der Waals surface area contributed by atoms with Gasteiger partial charge in [-0.1, -0.05) is 18.2 Å². The number of amides is 2. The standard InChI is InChI=1S/C16H14N4O2S/c17-7-11-9-23-10-20(11)15(21)8-19-16(22)13-5-6-18-14-4-2-1-3-12(13)14/h1-6,11H,8-10H2,(H,19,22). The van der Waals surface area contributed by atoms with Crippen molar-refractivity contribution in [3.05, 3.63) is 42.1 Å². The number of nitriles is 1. The zero-order valence-corrected chi connectivity index (χ0v) is 13.0. The third-order valence-electron chi connectivity index (χ3n) is 3.65. The van der Waals surface area contributed by atoms with Crippen molar-refractivity contribution in [3.8, 4) is 6.07 Å². The number of fused-ring (bicyclic) bond motifs is 1. The van der Waals surface area contributed by atoms with Crippen LogP contribution >= 0.6 is 11.8 Å². The van der Waals surface area contributed by atoms with E-state index in [2.05, 4.69) is 16.4 Å². The molecule has 1 fully saturated rings. The quantitative estimate of drug-likeness (QED) is 0.921. The lowest BCUT2D eigenvalue weighted by Crippen LogP contribution is -2.42. The summed E-state index contributed by atoms with van der Waals surface area (Å²) in [6, 6.07) is 10.7. The highest BCUT2D eigenvalue weighted by Gasteiger charge is 2.29. The molecule has 2 amide bonds. The van der Waals surface area contributed by atoms with Crippen LogP contribution in [0, 0.1) is 11.3 Å². The monoisotopic (exact) mass is 326 g/mol. The second-order valence-electron chi connectivity index (χ2n) is 5.07. The highest BCUT2D eigenvalue weighted by Crippen LogP contribution is 2.20. The third-order valence-corrected chi connectivity index (χ3v) is 4.66. The predicted molar refractivity (Wildman–Crippen MR) is 87.6 cm³/mol. The maximum Gasteiger partial charge on any atom is 0.252 e. The fraction of sp³-hybridized carbons (Fsp3) is 0.250. The number of pyridine rings is 1. The molecule has 2 heterocycles. The summed E-state index contributed by atoms with van der Waals surface area (Å²) in [5.41, 5.74) is 1.21. The largest absolute Gasteiger partial charge is 0.343 e. The smallest absolute Gasteiger partial charge is 0.252 e. The summed E-state index contributed by atoms with van der Waals surface area (Å²) in [6.07, 6.45) is 1.57. The van der Waals surface area contributed by atoms with E-state index in [-0.39, 0.29) is 18.4 Å². The van der Waals surface area contributed by atoms with Crippen LogP contribution in [0.15, 0.2) is 36.5 Å². The first-order chi connectivity index (χ1) is 11.2. The number of rotatable bonds is 3. The lowest BCUT2D eigenvalue weighted by Gasteiger charge is -2.18. The van der Waals surface area contributed by atoms with Crippen LogP contribution in [-0.4, -0.2) is 45.9 Å². The van der Waals surface area contributed by atoms with Crippen LogP contribution in [0.4, 0.5) is 0 Å².